The van der Waals surface area contributed by atoms with Gasteiger partial charge in [0.15, 0.2) is 0 Å². The summed E-state index contributed by atoms with van der Waals surface area (Å²) in [6, 6.07) is 5.07. The zero-order chi connectivity index (χ0) is 27.1. The fourth-order valence-corrected chi connectivity index (χ4v) is 4.63. The predicted octanol–water partition coefficient (Wildman–Crippen LogP) is 4.53. The maximum atomic E-state index is 12.9. The number of rotatable bonds is 10. The van der Waals surface area contributed by atoms with Gasteiger partial charge in [-0.15, -0.1) is 0 Å². The first kappa shape index (κ1) is 28.8. The second-order valence-corrected chi connectivity index (χ2v) is 9.94. The number of nitrogens with zero attached hydrogens (tertiary/aromatic N) is 2. The lowest BCUT2D eigenvalue weighted by Gasteiger charge is -2.25. The molecule has 1 fully saturated rings. The first-order valence-corrected chi connectivity index (χ1v) is 12.9. The van der Waals surface area contributed by atoms with Crippen LogP contribution in [0.4, 0.5) is 18.0 Å². The highest BCUT2D eigenvalue weighted by Crippen LogP contribution is 2.36. The number of amides is 1. The Bertz CT molecular complexity index is 1190. The van der Waals surface area contributed by atoms with Crippen LogP contribution in [0.3, 0.4) is 0 Å². The summed E-state index contributed by atoms with van der Waals surface area (Å²) in [4.78, 5) is 15.9. The van der Waals surface area contributed by atoms with Crippen LogP contribution in [0.2, 0.25) is 5.02 Å². The molecule has 0 saturated carbocycles. The number of hydrogen-bond donors (Lipinski definition) is 1. The number of benzene rings is 1. The van der Waals surface area contributed by atoms with Crippen LogP contribution in [0.5, 0.6) is 17.4 Å². The summed E-state index contributed by atoms with van der Waals surface area (Å²) in [5.74, 6) is -0.00573. The van der Waals surface area contributed by atoms with E-state index in [0.29, 0.717) is 50.6 Å². The van der Waals surface area contributed by atoms with E-state index < -0.39 is 39.7 Å². The molecule has 0 bridgehead atoms. The maximum Gasteiger partial charge on any atom is 0.422 e. The van der Waals surface area contributed by atoms with Gasteiger partial charge in [0.25, 0.3) is 0 Å². The maximum absolute atomic E-state index is 12.9. The van der Waals surface area contributed by atoms with Gasteiger partial charge in [-0.3, -0.25) is 0 Å². The summed E-state index contributed by atoms with van der Waals surface area (Å²) in [6.07, 6.45) is -3.00. The van der Waals surface area contributed by atoms with E-state index in [1.54, 1.807) is 0 Å². The number of nitrogens with one attached hydrogen (secondary N) is 1. The van der Waals surface area contributed by atoms with Crippen LogP contribution in [-0.2, 0) is 32.5 Å². The molecule has 37 heavy (non-hydrogen) atoms. The lowest BCUT2D eigenvalue weighted by atomic mass is 10.2. The molecule has 1 saturated heterocycles. The Hall–Kier alpha value is -2.81. The van der Waals surface area contributed by atoms with Crippen LogP contribution in [0.1, 0.15) is 30.4 Å². The topological polar surface area (TPSA) is 116 Å². The summed E-state index contributed by atoms with van der Waals surface area (Å²) >= 11 is 5.95. The fourth-order valence-electron chi connectivity index (χ4n) is 3.29. The largest absolute Gasteiger partial charge is 0.491 e. The molecule has 1 aromatic carbocycles. The van der Waals surface area contributed by atoms with E-state index in [4.69, 9.17) is 30.5 Å². The van der Waals surface area contributed by atoms with E-state index in [1.807, 2.05) is 4.72 Å². The van der Waals surface area contributed by atoms with Crippen molar-refractivity contribution in [2.24, 2.45) is 0 Å². The molecule has 1 aliphatic rings. The van der Waals surface area contributed by atoms with Gasteiger partial charge in [-0.05, 0) is 31.0 Å². The predicted molar refractivity (Wildman–Crippen MR) is 126 cm³/mol. The monoisotopic (exact) mass is 567 g/mol. The minimum Gasteiger partial charge on any atom is -0.491 e. The Morgan fingerprint density at radius 3 is 2.54 bits per heavy atom. The van der Waals surface area contributed by atoms with Crippen molar-refractivity contribution in [3.8, 4) is 17.4 Å². The van der Waals surface area contributed by atoms with Crippen LogP contribution in [0.15, 0.2) is 30.5 Å². The van der Waals surface area contributed by atoms with Gasteiger partial charge >= 0.3 is 22.5 Å². The Morgan fingerprint density at radius 1 is 1.16 bits per heavy atom. The van der Waals surface area contributed by atoms with Crippen molar-refractivity contribution in [1.82, 2.24) is 14.0 Å². The highest BCUT2D eigenvalue weighted by Gasteiger charge is 2.32. The van der Waals surface area contributed by atoms with Crippen molar-refractivity contribution in [2.75, 3.05) is 33.4 Å². The molecule has 0 unspecified atom stereocenters. The molecule has 2 heterocycles. The molecule has 15 heteroatoms. The Labute approximate surface area is 216 Å². The SMILES string of the molecule is COCCOc1ccc(COC(=O)NS(=O)(=O)N2CCCCC2)c(Oc2ncc(C(F)(F)F)cc2Cl)c1. The van der Waals surface area contributed by atoms with E-state index in [-0.39, 0.29) is 23.8 Å². The highest BCUT2D eigenvalue weighted by atomic mass is 35.5. The molecular formula is C22H25ClF3N3O7S. The standard InChI is InChI=1S/C22H25ClF3N3O7S/c1-33-9-10-34-17-6-5-15(14-35-21(30)28-37(31,32)29-7-3-2-4-8-29)19(12-17)36-20-18(23)11-16(13-27-20)22(24,25)26/h5-6,11-13H,2-4,7-10,14H2,1H3,(H,28,30). The minimum absolute atomic E-state index is 0.00997. The van der Waals surface area contributed by atoms with Crippen molar-refractivity contribution < 1.29 is 45.3 Å². The lowest BCUT2D eigenvalue weighted by molar-refractivity contribution is -0.137. The van der Waals surface area contributed by atoms with Gasteiger partial charge in [0.05, 0.1) is 12.2 Å². The summed E-state index contributed by atoms with van der Waals surface area (Å²) in [7, 11) is -2.57. The summed E-state index contributed by atoms with van der Waals surface area (Å²) in [5.41, 5.74) is -0.820. The first-order chi connectivity index (χ1) is 17.5. The molecule has 2 aromatic rings. The number of aromatic nitrogens is 1. The van der Waals surface area contributed by atoms with Crippen LogP contribution in [-0.4, -0.2) is 57.2 Å². The van der Waals surface area contributed by atoms with Gasteiger partial charge < -0.3 is 18.9 Å². The molecule has 0 spiro atoms. The highest BCUT2D eigenvalue weighted by molar-refractivity contribution is 7.87. The summed E-state index contributed by atoms with van der Waals surface area (Å²) in [6.45, 7) is 0.645. The molecule has 1 amide bonds. The second kappa shape index (κ2) is 12.6. The van der Waals surface area contributed by atoms with E-state index >= 15 is 0 Å². The zero-order valence-electron chi connectivity index (χ0n) is 19.7. The number of ether oxygens (including phenoxy) is 4. The molecule has 3 rings (SSSR count). The van der Waals surface area contributed by atoms with Crippen LogP contribution < -0.4 is 14.2 Å². The Balaban J connectivity index is 1.75. The third-order valence-corrected chi connectivity index (χ3v) is 6.90. The number of carbonyl (C=O) groups excluding carboxylic acids is 1. The minimum atomic E-state index is -4.65. The van der Waals surface area contributed by atoms with Crippen molar-refractivity contribution in [3.63, 3.8) is 0 Å². The molecule has 1 N–H and O–H groups in total. The number of halogens is 4. The molecule has 10 nitrogen and oxygen atoms in total. The summed E-state index contributed by atoms with van der Waals surface area (Å²) < 4.78 is 87.7. The van der Waals surface area contributed by atoms with E-state index in [2.05, 4.69) is 4.98 Å². The van der Waals surface area contributed by atoms with Gasteiger partial charge in [-0.1, -0.05) is 18.0 Å². The number of pyridine rings is 1. The number of piperidine rings is 1. The third kappa shape index (κ3) is 8.35. The second-order valence-electron chi connectivity index (χ2n) is 7.86. The van der Waals surface area contributed by atoms with Gasteiger partial charge in [-0.25, -0.2) is 14.5 Å². The average Bonchev–Trinajstić information content (AvgIpc) is 2.84. The molecule has 0 atom stereocenters. The van der Waals surface area contributed by atoms with Crippen LogP contribution in [0.25, 0.3) is 0 Å². The van der Waals surface area contributed by atoms with Crippen molar-refractivity contribution in [3.05, 3.63) is 46.6 Å². The van der Waals surface area contributed by atoms with Gasteiger partial charge in [0.1, 0.15) is 29.7 Å². The summed E-state index contributed by atoms with van der Waals surface area (Å²) in [5, 5.41) is -0.405. The molecule has 204 valence electrons. The van der Waals surface area contributed by atoms with E-state index in [0.717, 1.165) is 10.7 Å². The van der Waals surface area contributed by atoms with Gasteiger partial charge in [0, 0.05) is 38.0 Å². The number of carbonyl (C=O) groups is 1. The van der Waals surface area contributed by atoms with Crippen molar-refractivity contribution in [2.45, 2.75) is 32.0 Å². The van der Waals surface area contributed by atoms with Gasteiger partial charge in [-0.2, -0.15) is 25.9 Å². The van der Waals surface area contributed by atoms with Crippen molar-refractivity contribution >= 4 is 27.9 Å². The number of hydrogen-bond acceptors (Lipinski definition) is 8. The molecule has 1 aromatic heterocycles. The molecule has 0 aliphatic carbocycles. The van der Waals surface area contributed by atoms with Crippen molar-refractivity contribution in [1.29, 1.82) is 0 Å². The Kier molecular flexibility index (Phi) is 9.81. The molecule has 0 radical (unpaired) electrons. The molecular weight excluding hydrogens is 543 g/mol. The van der Waals surface area contributed by atoms with E-state index in [9.17, 15) is 26.4 Å². The Morgan fingerprint density at radius 2 is 1.89 bits per heavy atom. The fraction of sp³-hybridized carbons (Fsp3) is 0.455. The molecule has 1 aliphatic heterocycles. The quantitative estimate of drug-likeness (QED) is 0.416. The number of alkyl halides is 3. The van der Waals surface area contributed by atoms with Crippen LogP contribution >= 0.6 is 11.6 Å². The number of methoxy groups -OCH3 is 1. The van der Waals surface area contributed by atoms with Crippen LogP contribution in [0, 0.1) is 0 Å². The first-order valence-electron chi connectivity index (χ1n) is 11.1. The normalized spacial score (nSPS) is 14.7. The van der Waals surface area contributed by atoms with Gasteiger partial charge in [0.2, 0.25) is 5.88 Å². The average molecular weight is 568 g/mol. The van der Waals surface area contributed by atoms with E-state index in [1.165, 1.54) is 25.3 Å². The third-order valence-electron chi connectivity index (χ3n) is 5.16. The smallest absolute Gasteiger partial charge is 0.422 e. The zero-order valence-corrected chi connectivity index (χ0v) is 21.3. The lowest BCUT2D eigenvalue weighted by Crippen LogP contribution is -2.45.